The van der Waals surface area contributed by atoms with Crippen molar-refractivity contribution >= 4 is 17.4 Å². The molecule has 2 aromatic rings. The van der Waals surface area contributed by atoms with Crippen molar-refractivity contribution in [3.8, 4) is 0 Å². The van der Waals surface area contributed by atoms with E-state index in [4.69, 9.17) is 0 Å². The fraction of sp³-hybridized carbons (Fsp3) is 0.294. The van der Waals surface area contributed by atoms with Crippen LogP contribution in [0.25, 0.3) is 0 Å². The minimum absolute atomic E-state index is 0.601. The summed E-state index contributed by atoms with van der Waals surface area (Å²) in [6, 6.07) is 13.5. The fourth-order valence-electron chi connectivity index (χ4n) is 2.57. The summed E-state index contributed by atoms with van der Waals surface area (Å²) in [6.07, 6.45) is -1.85. The average Bonchev–Trinajstić information content (AvgIpc) is 3.02. The zero-order valence-electron chi connectivity index (χ0n) is 11.9. The predicted octanol–water partition coefficient (Wildman–Crippen LogP) is 5.46. The molecule has 116 valence electrons. The van der Waals surface area contributed by atoms with Gasteiger partial charge in [0.15, 0.2) is 0 Å². The Labute approximate surface area is 132 Å². The predicted molar refractivity (Wildman–Crippen MR) is 83.5 cm³/mol. The molecule has 1 fully saturated rings. The van der Waals surface area contributed by atoms with Gasteiger partial charge in [0.2, 0.25) is 0 Å². The maximum absolute atomic E-state index is 12.7. The molecule has 22 heavy (non-hydrogen) atoms. The van der Waals surface area contributed by atoms with E-state index in [1.54, 1.807) is 6.07 Å². The zero-order valence-corrected chi connectivity index (χ0v) is 12.8. The Morgan fingerprint density at radius 2 is 1.55 bits per heavy atom. The molecule has 1 heterocycles. The van der Waals surface area contributed by atoms with E-state index in [2.05, 4.69) is 4.90 Å². The van der Waals surface area contributed by atoms with Crippen LogP contribution in [0.5, 0.6) is 0 Å². The van der Waals surface area contributed by atoms with E-state index in [-0.39, 0.29) is 0 Å². The highest BCUT2D eigenvalue weighted by Crippen LogP contribution is 2.35. The Balaban J connectivity index is 1.73. The maximum atomic E-state index is 12.7. The Morgan fingerprint density at radius 1 is 0.864 bits per heavy atom. The van der Waals surface area contributed by atoms with Crippen LogP contribution in [0.2, 0.25) is 0 Å². The third-order valence-electron chi connectivity index (χ3n) is 3.70. The van der Waals surface area contributed by atoms with Crippen LogP contribution < -0.4 is 4.90 Å². The van der Waals surface area contributed by atoms with E-state index < -0.39 is 11.7 Å². The molecule has 0 spiro atoms. The van der Waals surface area contributed by atoms with Gasteiger partial charge in [-0.2, -0.15) is 13.2 Å². The first kappa shape index (κ1) is 15.3. The molecule has 1 aliphatic heterocycles. The molecule has 0 radical (unpaired) electrons. The average molecular weight is 323 g/mol. The summed E-state index contributed by atoms with van der Waals surface area (Å²) in [4.78, 5) is 3.88. The van der Waals surface area contributed by atoms with Crippen LogP contribution in [0, 0.1) is 0 Å². The van der Waals surface area contributed by atoms with Gasteiger partial charge in [0.1, 0.15) is 0 Å². The molecule has 2 aromatic carbocycles. The van der Waals surface area contributed by atoms with Crippen molar-refractivity contribution in [3.63, 3.8) is 0 Å². The van der Waals surface area contributed by atoms with Gasteiger partial charge >= 0.3 is 6.18 Å². The van der Waals surface area contributed by atoms with Gasteiger partial charge < -0.3 is 4.90 Å². The third-order valence-corrected chi connectivity index (χ3v) is 4.70. The number of alkyl halides is 3. The summed E-state index contributed by atoms with van der Waals surface area (Å²) >= 11 is 1.35. The number of halogens is 3. The first-order valence-electron chi connectivity index (χ1n) is 7.22. The van der Waals surface area contributed by atoms with E-state index in [0.717, 1.165) is 24.1 Å². The van der Waals surface area contributed by atoms with E-state index in [9.17, 15) is 13.2 Å². The Morgan fingerprint density at radius 3 is 2.18 bits per heavy atom. The molecule has 0 aliphatic carbocycles. The van der Waals surface area contributed by atoms with Crippen molar-refractivity contribution in [3.05, 3.63) is 54.1 Å². The largest absolute Gasteiger partial charge is 0.416 e. The minimum atomic E-state index is -4.30. The lowest BCUT2D eigenvalue weighted by molar-refractivity contribution is -0.137. The first-order valence-corrected chi connectivity index (χ1v) is 8.04. The van der Waals surface area contributed by atoms with Gasteiger partial charge in [-0.15, -0.1) is 0 Å². The molecule has 0 saturated carbocycles. The van der Waals surface area contributed by atoms with Crippen LogP contribution in [0.3, 0.4) is 0 Å². The molecule has 0 unspecified atom stereocenters. The van der Waals surface area contributed by atoms with Gasteiger partial charge in [-0.1, -0.05) is 17.8 Å². The molecule has 3 rings (SSSR count). The molecular weight excluding hydrogens is 307 g/mol. The van der Waals surface area contributed by atoms with Gasteiger partial charge in [-0.05, 0) is 55.3 Å². The van der Waals surface area contributed by atoms with Crippen LogP contribution in [0.1, 0.15) is 18.4 Å². The molecule has 0 aromatic heterocycles. The topological polar surface area (TPSA) is 3.24 Å². The summed E-state index contributed by atoms with van der Waals surface area (Å²) in [5.74, 6) is 0. The SMILES string of the molecule is FC(F)(F)c1cccc(Sc2ccc(N3CCCC3)cc2)c1. The molecule has 0 N–H and O–H groups in total. The van der Waals surface area contributed by atoms with Crippen molar-refractivity contribution in [1.29, 1.82) is 0 Å². The number of nitrogens with zero attached hydrogens (tertiary/aromatic N) is 1. The summed E-state index contributed by atoms with van der Waals surface area (Å²) in [7, 11) is 0. The zero-order chi connectivity index (χ0) is 15.6. The molecule has 1 saturated heterocycles. The fourth-order valence-corrected chi connectivity index (χ4v) is 3.45. The lowest BCUT2D eigenvalue weighted by atomic mass is 10.2. The summed E-state index contributed by atoms with van der Waals surface area (Å²) in [6.45, 7) is 2.17. The van der Waals surface area contributed by atoms with Crippen LogP contribution >= 0.6 is 11.8 Å². The van der Waals surface area contributed by atoms with E-state index in [1.165, 1.54) is 42.4 Å². The second-order valence-electron chi connectivity index (χ2n) is 5.32. The highest BCUT2D eigenvalue weighted by Gasteiger charge is 2.30. The first-order chi connectivity index (χ1) is 10.5. The number of rotatable bonds is 3. The van der Waals surface area contributed by atoms with Gasteiger partial charge in [-0.3, -0.25) is 0 Å². The lowest BCUT2D eigenvalue weighted by Crippen LogP contribution is -2.17. The van der Waals surface area contributed by atoms with Crippen molar-refractivity contribution in [2.24, 2.45) is 0 Å². The molecule has 5 heteroatoms. The summed E-state index contributed by atoms with van der Waals surface area (Å²) in [5.41, 5.74) is 0.581. The van der Waals surface area contributed by atoms with Gasteiger partial charge in [0.05, 0.1) is 5.56 Å². The summed E-state index contributed by atoms with van der Waals surface area (Å²) < 4.78 is 38.2. The van der Waals surface area contributed by atoms with Crippen molar-refractivity contribution in [1.82, 2.24) is 0 Å². The van der Waals surface area contributed by atoms with Crippen LogP contribution in [-0.2, 0) is 6.18 Å². The third kappa shape index (κ3) is 3.58. The van der Waals surface area contributed by atoms with Crippen molar-refractivity contribution in [2.75, 3.05) is 18.0 Å². The highest BCUT2D eigenvalue weighted by molar-refractivity contribution is 7.99. The van der Waals surface area contributed by atoms with Crippen LogP contribution in [0.15, 0.2) is 58.3 Å². The van der Waals surface area contributed by atoms with E-state index in [0.29, 0.717) is 4.90 Å². The normalized spacial score (nSPS) is 15.3. The van der Waals surface area contributed by atoms with Crippen LogP contribution in [0.4, 0.5) is 18.9 Å². The van der Waals surface area contributed by atoms with Crippen LogP contribution in [-0.4, -0.2) is 13.1 Å². The molecule has 1 nitrogen and oxygen atoms in total. The van der Waals surface area contributed by atoms with E-state index in [1.807, 2.05) is 24.3 Å². The second-order valence-corrected chi connectivity index (χ2v) is 6.46. The quantitative estimate of drug-likeness (QED) is 0.738. The smallest absolute Gasteiger partial charge is 0.372 e. The second kappa shape index (κ2) is 6.24. The Bertz CT molecular complexity index is 631. The van der Waals surface area contributed by atoms with Gasteiger partial charge in [0, 0.05) is 28.6 Å². The monoisotopic (exact) mass is 323 g/mol. The standard InChI is InChI=1S/C17H16F3NS/c18-17(19,20)13-4-3-5-16(12-13)22-15-8-6-14(7-9-15)21-10-1-2-11-21/h3-9,12H,1-2,10-11H2. The van der Waals surface area contributed by atoms with Gasteiger partial charge in [-0.25, -0.2) is 0 Å². The highest BCUT2D eigenvalue weighted by atomic mass is 32.2. The Hall–Kier alpha value is -1.62. The van der Waals surface area contributed by atoms with Crippen molar-refractivity contribution in [2.45, 2.75) is 28.8 Å². The maximum Gasteiger partial charge on any atom is 0.416 e. The van der Waals surface area contributed by atoms with Crippen molar-refractivity contribution < 1.29 is 13.2 Å². The van der Waals surface area contributed by atoms with E-state index >= 15 is 0 Å². The summed E-state index contributed by atoms with van der Waals surface area (Å²) in [5, 5.41) is 0. The lowest BCUT2D eigenvalue weighted by Gasteiger charge is -2.17. The van der Waals surface area contributed by atoms with Gasteiger partial charge in [0.25, 0.3) is 0 Å². The number of anilines is 1. The number of hydrogen-bond donors (Lipinski definition) is 0. The molecular formula is C17H16F3NS. The number of hydrogen-bond acceptors (Lipinski definition) is 2. The number of benzene rings is 2. The molecule has 0 bridgehead atoms. The molecule has 1 aliphatic rings. The minimum Gasteiger partial charge on any atom is -0.372 e. The molecule has 0 atom stereocenters. The Kier molecular flexibility index (Phi) is 4.34. The molecule has 0 amide bonds.